The summed E-state index contributed by atoms with van der Waals surface area (Å²) in [4.78, 5) is 123. The number of phenols is 1. The third kappa shape index (κ3) is 31.4. The Morgan fingerprint density at radius 3 is 1.68 bits per heavy atom. The van der Waals surface area contributed by atoms with Gasteiger partial charge in [0.1, 0.15) is 17.5 Å². The van der Waals surface area contributed by atoms with Crippen LogP contribution in [-0.4, -0.2) is 255 Å². The van der Waals surface area contributed by atoms with E-state index in [2.05, 4.69) is 42.2 Å². The molecular weight excluding hydrogens is 1240 g/mol. The van der Waals surface area contributed by atoms with Gasteiger partial charge in [-0.2, -0.15) is 4.99 Å². The van der Waals surface area contributed by atoms with Crippen LogP contribution < -0.4 is 53.4 Å². The molecule has 28 nitrogen and oxygen atoms in total. The van der Waals surface area contributed by atoms with Gasteiger partial charge in [0.15, 0.2) is 5.96 Å². The van der Waals surface area contributed by atoms with Crippen molar-refractivity contribution >= 4 is 85.3 Å². The van der Waals surface area contributed by atoms with Crippen LogP contribution >= 0.6 is 0 Å². The van der Waals surface area contributed by atoms with Gasteiger partial charge in [-0.25, -0.2) is 4.79 Å². The molecule has 1 unspecified atom stereocenters. The van der Waals surface area contributed by atoms with E-state index in [9.17, 15) is 63.6 Å². The molecule has 4 rings (SSSR count). The number of carboxylic acids is 3. The molecule has 0 spiro atoms. The van der Waals surface area contributed by atoms with E-state index < -0.39 is 53.8 Å². The molecule has 15 N–H and O–H groups in total. The number of nitrogens with zero attached hydrogens (tertiary/aromatic N) is 5. The molecule has 478 valence electrons. The number of benzene rings is 3. The molecule has 1 saturated heterocycles. The number of urea groups is 1. The molecule has 29 heteroatoms. The largest absolute Gasteiger partial charge is 3.00 e. The van der Waals surface area contributed by atoms with Crippen LogP contribution in [0.5, 0.6) is 11.5 Å². The molecule has 1 aliphatic heterocycles. The van der Waals surface area contributed by atoms with Gasteiger partial charge in [0.2, 0.25) is 29.5 Å². The van der Waals surface area contributed by atoms with Crippen LogP contribution in [0.25, 0.3) is 0 Å². The summed E-state index contributed by atoms with van der Waals surface area (Å²) < 4.78 is 6.12. The Balaban J connectivity index is 0.0000202. The zero-order valence-corrected chi connectivity index (χ0v) is 53.5. The van der Waals surface area contributed by atoms with E-state index in [0.717, 1.165) is 5.56 Å². The molecule has 0 bridgehead atoms. The van der Waals surface area contributed by atoms with E-state index in [0.29, 0.717) is 94.6 Å². The van der Waals surface area contributed by atoms with E-state index in [1.165, 1.54) is 12.1 Å². The van der Waals surface area contributed by atoms with E-state index in [1.807, 2.05) is 35.2 Å². The van der Waals surface area contributed by atoms with Crippen molar-refractivity contribution in [3.8, 4) is 11.5 Å². The molecule has 3 aromatic rings. The quantitative estimate of drug-likeness (QED) is 0.0195. The van der Waals surface area contributed by atoms with Gasteiger partial charge in [-0.05, 0) is 85.9 Å². The number of phenolic OH excluding ortho intramolecular Hbond substituents is 1. The molecule has 0 aromatic heterocycles. The fraction of sp³-hybridized carbons (Fsp3) is 0.525. The van der Waals surface area contributed by atoms with E-state index >= 15 is 0 Å². The monoisotopic (exact) mass is 1330 g/mol. The van der Waals surface area contributed by atoms with Crippen molar-refractivity contribution in [2.24, 2.45) is 16.5 Å². The summed E-state index contributed by atoms with van der Waals surface area (Å²) in [5, 5.41) is 57.8. The Labute approximate surface area is 532 Å². The smallest absolute Gasteiger partial charge is 0.508 e. The molecule has 0 radical (unpaired) electrons. The number of rotatable bonds is 35. The van der Waals surface area contributed by atoms with E-state index in [-0.39, 0.29) is 153 Å². The fourth-order valence-corrected chi connectivity index (χ4v) is 9.23. The van der Waals surface area contributed by atoms with Gasteiger partial charge >= 0.3 is 49.8 Å². The number of carbonyl (C=O) groups excluding carboxylic acids is 6. The standard InChI is InChI=1S/C59H88N14O14.In/c1-2-49(75)63-25-26-66-59(86)69-58(61)65-24-11-17-48(56(84)67-37-42-18-20-45(74)21-19-42)68-57(85)54(43-12-4-3-5-13-43)44-14-10-15-46(36-44)87-35-9-8-23-64-55(83)47(60)16-6-7-22-62-50(76)38-70-27-29-71(39-51(77)78)31-33-73(41-53(81)82)34-32-72(30-28-70)40-52(79)80;/h3-5,10,12-15,18-21,36,47-48,54,74H,2,6-9,11,16-17,22-35,37-41,60H2,1H3,(H,62,76)(H,63,75)(H,64,83)(H,67,84)(H,68,85)(H,77,78)(H,79,80)(H,81,82)(H4,61,65,66,69,86);/q;+3/t47-,48?,54-;/m1./s1. The Bertz CT molecular complexity index is 2660. The molecule has 1 aliphatic rings. The maximum absolute atomic E-state index is 14.5. The Hall–Kier alpha value is -7.57. The topological polar surface area (TPSA) is 405 Å². The third-order valence-corrected chi connectivity index (χ3v) is 14.0. The maximum atomic E-state index is 14.5. The van der Waals surface area contributed by atoms with Crippen LogP contribution in [0.2, 0.25) is 0 Å². The number of amides is 7. The molecule has 3 atom stereocenters. The van der Waals surface area contributed by atoms with Crippen molar-refractivity contribution in [1.82, 2.24) is 56.8 Å². The zero-order valence-electron chi connectivity index (χ0n) is 50.2. The summed E-state index contributed by atoms with van der Waals surface area (Å²) >= 11 is 0. The molecule has 7 amide bonds. The molecule has 0 saturated carbocycles. The van der Waals surface area contributed by atoms with Crippen molar-refractivity contribution < 1.29 is 68.3 Å². The first kappa shape index (κ1) is 74.7. The van der Waals surface area contributed by atoms with Crippen LogP contribution in [0.15, 0.2) is 83.9 Å². The minimum Gasteiger partial charge on any atom is -0.508 e. The number of hydrogen-bond donors (Lipinski definition) is 13. The van der Waals surface area contributed by atoms with Crippen molar-refractivity contribution in [2.75, 3.05) is 118 Å². The van der Waals surface area contributed by atoms with Crippen LogP contribution in [0.1, 0.15) is 80.9 Å². The van der Waals surface area contributed by atoms with E-state index in [1.54, 1.807) is 58.0 Å². The SMILES string of the molecule is CCC(=O)NCCNC(=O)/N=C(/N)NCCCC(NC(=O)[C@H](c1ccccc1)c1cccc(OCCCCNC(=O)[C@H](N)CCCCNC(=O)CN2CCN(CC(=O)O)CCN(CC(=O)O)CCN(CC(=O)O)CC2)c1)C(=O)NCc1ccc(O)cc1.[In+3]. The number of carboxylic acid groups (broad SMARTS) is 3. The number of guanidine groups is 1. The van der Waals surface area contributed by atoms with Crippen LogP contribution in [0.3, 0.4) is 0 Å². The summed E-state index contributed by atoms with van der Waals surface area (Å²) in [6, 6.07) is 20.1. The molecule has 3 aromatic carbocycles. The molecule has 0 aliphatic carbocycles. The van der Waals surface area contributed by atoms with Gasteiger partial charge in [-0.15, -0.1) is 0 Å². The Morgan fingerprint density at radius 1 is 0.557 bits per heavy atom. The van der Waals surface area contributed by atoms with Crippen molar-refractivity contribution in [1.29, 1.82) is 0 Å². The molecular formula is C59H88InN14O14+3. The summed E-state index contributed by atoms with van der Waals surface area (Å²) in [6.45, 7) is 4.85. The second kappa shape index (κ2) is 42.3. The number of nitrogens with two attached hydrogens (primary N) is 2. The first-order chi connectivity index (χ1) is 41.8. The minimum atomic E-state index is -1.05. The van der Waals surface area contributed by atoms with Gasteiger partial charge in [0, 0.05) is 98.0 Å². The minimum absolute atomic E-state index is 0. The fourth-order valence-electron chi connectivity index (χ4n) is 9.23. The average molecular weight is 1330 g/mol. The van der Waals surface area contributed by atoms with Gasteiger partial charge < -0.3 is 73.8 Å². The average Bonchev–Trinajstić information content (AvgIpc) is 3.68. The predicted octanol–water partition coefficient (Wildman–Crippen LogP) is -0.771. The van der Waals surface area contributed by atoms with Crippen LogP contribution in [-0.2, 0) is 44.9 Å². The summed E-state index contributed by atoms with van der Waals surface area (Å²) in [5.74, 6) is -5.20. The Morgan fingerprint density at radius 2 is 1.09 bits per heavy atom. The third-order valence-electron chi connectivity index (χ3n) is 14.0. The summed E-state index contributed by atoms with van der Waals surface area (Å²) in [5.41, 5.74) is 14.2. The van der Waals surface area contributed by atoms with Gasteiger partial charge in [0.25, 0.3) is 0 Å². The number of ether oxygens (including phenoxy) is 1. The zero-order chi connectivity index (χ0) is 63.3. The Kier molecular flexibility index (Phi) is 35.9. The number of nitrogens with one attached hydrogen (secondary N) is 7. The van der Waals surface area contributed by atoms with Crippen molar-refractivity contribution in [2.45, 2.75) is 82.8 Å². The van der Waals surface area contributed by atoms with Gasteiger partial charge in [0.05, 0.1) is 44.7 Å². The number of aliphatic carboxylic acids is 3. The molecule has 1 fully saturated rings. The predicted molar refractivity (Wildman–Crippen MR) is 329 cm³/mol. The van der Waals surface area contributed by atoms with Crippen molar-refractivity contribution in [3.05, 3.63) is 95.6 Å². The van der Waals surface area contributed by atoms with Crippen LogP contribution in [0, 0.1) is 0 Å². The second-order valence-electron chi connectivity index (χ2n) is 20.9. The van der Waals surface area contributed by atoms with E-state index in [4.69, 9.17) is 16.2 Å². The first-order valence-electron chi connectivity index (χ1n) is 29.4. The number of carbonyl (C=O) groups is 9. The van der Waals surface area contributed by atoms with Gasteiger partial charge in [-0.3, -0.25) is 58.0 Å². The van der Waals surface area contributed by atoms with Crippen molar-refractivity contribution in [3.63, 3.8) is 0 Å². The summed E-state index contributed by atoms with van der Waals surface area (Å²) in [7, 11) is 0. The van der Waals surface area contributed by atoms with Crippen LogP contribution in [0.4, 0.5) is 4.79 Å². The maximum Gasteiger partial charge on any atom is 3.00 e. The first-order valence-corrected chi connectivity index (χ1v) is 29.4. The second-order valence-corrected chi connectivity index (χ2v) is 20.9. The number of aliphatic imine (C=N–C) groups is 1. The van der Waals surface area contributed by atoms with Gasteiger partial charge in [-0.1, -0.05) is 61.5 Å². The molecule has 1 heterocycles. The summed E-state index contributed by atoms with van der Waals surface area (Å²) in [6.07, 6.45) is 3.46. The normalized spacial score (nSPS) is 14.8. The number of hydrogen-bond acceptors (Lipinski definition) is 16. The number of aromatic hydroxyl groups is 1. The molecule has 88 heavy (non-hydrogen) atoms. The number of unbranched alkanes of at least 4 members (excludes halogenated alkanes) is 2.